The van der Waals surface area contributed by atoms with Gasteiger partial charge in [-0.25, -0.2) is 9.59 Å². The van der Waals surface area contributed by atoms with E-state index < -0.39 is 11.2 Å². The third-order valence-electron chi connectivity index (χ3n) is 21.2. The van der Waals surface area contributed by atoms with Gasteiger partial charge in [0.25, 0.3) is 19.4 Å². The SMILES string of the molecule is CC(C)(C)OC(=O)N(CC1(C=O)CC1)[C@H]1CC1c1ccccc1.CC(C)(C)OC(=O)N(CC1(CN2Cc3ccccc3C[C@H]2OC=O)CC1)[C@H]1CC1c1ccccc1.O=CO[C@@H]1Cc2ccccc2CN1.O=CO[C@@H]1Cc2ccccc2CN1CC1(CN[C@H]2CC2c2ccccc2)CC1. The van der Waals surface area contributed by atoms with Gasteiger partial charge in [0, 0.05) is 118 Å². The lowest BCUT2D eigenvalue weighted by atomic mass is 9.96. The Bertz CT molecular complexity index is 3720. The normalized spacial score (nSPS) is 25.0. The van der Waals surface area contributed by atoms with E-state index in [1.165, 1.54) is 69.3 Å². The maximum atomic E-state index is 13.4. The van der Waals surface area contributed by atoms with Gasteiger partial charge in [0.15, 0.2) is 18.7 Å². The zero-order chi connectivity index (χ0) is 69.4. The van der Waals surface area contributed by atoms with Crippen LogP contribution in [0.2, 0.25) is 0 Å². The van der Waals surface area contributed by atoms with E-state index >= 15 is 0 Å². The van der Waals surface area contributed by atoms with Gasteiger partial charge in [0.05, 0.1) is 0 Å². The summed E-state index contributed by atoms with van der Waals surface area (Å²) in [5, 5.41) is 6.95. The van der Waals surface area contributed by atoms with Gasteiger partial charge in [-0.15, -0.1) is 0 Å². The van der Waals surface area contributed by atoms with Gasteiger partial charge in [-0.2, -0.15) is 0 Å². The number of carbonyl (C=O) groups is 6. The molecule has 0 saturated heterocycles. The topological polar surface area (TPSA) is 186 Å². The summed E-state index contributed by atoms with van der Waals surface area (Å²) >= 11 is 0. The summed E-state index contributed by atoms with van der Waals surface area (Å²) in [7, 11) is 0. The number of nitrogens with one attached hydrogen (secondary N) is 2. The van der Waals surface area contributed by atoms with Crippen molar-refractivity contribution in [1.82, 2.24) is 30.2 Å². The summed E-state index contributed by atoms with van der Waals surface area (Å²) in [4.78, 5) is 78.2. The number of carbonyl (C=O) groups excluding carboxylic acids is 6. The largest absolute Gasteiger partial charge is 0.448 e. The Morgan fingerprint density at radius 2 is 0.889 bits per heavy atom. The third-order valence-corrected chi connectivity index (χ3v) is 21.2. The minimum absolute atomic E-state index is 0.00247. The van der Waals surface area contributed by atoms with Crippen LogP contribution >= 0.6 is 0 Å². The third kappa shape index (κ3) is 19.0. The van der Waals surface area contributed by atoms with Crippen LogP contribution in [0.25, 0.3) is 0 Å². The molecule has 2 N–H and O–H groups in total. The zero-order valence-corrected chi connectivity index (χ0v) is 58.5. The Hall–Kier alpha value is -8.22. The smallest absolute Gasteiger partial charge is 0.410 e. The molecule has 15 rings (SSSR count). The molecule has 9 aliphatic rings. The molecule has 6 aromatic carbocycles. The number of fused-ring (bicyclic) bond motifs is 3. The van der Waals surface area contributed by atoms with Gasteiger partial charge in [0.1, 0.15) is 17.5 Å². The van der Waals surface area contributed by atoms with Crippen LogP contribution in [0, 0.1) is 16.2 Å². The minimum atomic E-state index is -0.539. The van der Waals surface area contributed by atoms with Crippen molar-refractivity contribution in [3.8, 4) is 0 Å². The molecule has 3 aliphatic heterocycles. The Balaban J connectivity index is 0.000000131. The number of ether oxygens (including phenoxy) is 5. The Kier molecular flexibility index (Phi) is 21.9. The highest BCUT2D eigenvalue weighted by atomic mass is 16.6. The van der Waals surface area contributed by atoms with E-state index in [2.05, 4.69) is 142 Å². The second-order valence-electron chi connectivity index (χ2n) is 31.3. The molecule has 9 atom stereocenters. The van der Waals surface area contributed by atoms with E-state index in [-0.39, 0.29) is 53.8 Å². The fourth-order valence-corrected chi connectivity index (χ4v) is 14.8. The second-order valence-corrected chi connectivity index (χ2v) is 31.3. The number of nitrogens with zero attached hydrogens (tertiary/aromatic N) is 4. The second kappa shape index (κ2) is 30.7. The van der Waals surface area contributed by atoms with Crippen LogP contribution in [0.5, 0.6) is 0 Å². The van der Waals surface area contributed by atoms with Gasteiger partial charge in [0.2, 0.25) is 0 Å². The summed E-state index contributed by atoms with van der Waals surface area (Å²) in [5.74, 6) is 1.38. The van der Waals surface area contributed by atoms with Crippen LogP contribution in [-0.4, -0.2) is 138 Å². The molecule has 3 heterocycles. The number of rotatable bonds is 23. The fraction of sp³-hybridized carbons (Fsp3) is 0.488. The van der Waals surface area contributed by atoms with E-state index in [9.17, 15) is 28.8 Å². The van der Waals surface area contributed by atoms with Gasteiger partial charge < -0.3 is 43.6 Å². The molecule has 0 bridgehead atoms. The number of hydrogen-bond acceptors (Lipinski definition) is 15. The van der Waals surface area contributed by atoms with Crippen molar-refractivity contribution in [3.63, 3.8) is 0 Å². The lowest BCUT2D eigenvalue weighted by molar-refractivity contribution is -0.147. The molecule has 524 valence electrons. The summed E-state index contributed by atoms with van der Waals surface area (Å²) in [6, 6.07) is 57.5. The molecule has 6 aliphatic carbocycles. The molecule has 6 fully saturated rings. The summed E-state index contributed by atoms with van der Waals surface area (Å²) in [5.41, 5.74) is 10.7. The molecule has 0 aromatic heterocycles. The highest BCUT2D eigenvalue weighted by Crippen LogP contribution is 2.54. The maximum absolute atomic E-state index is 13.4. The molecule has 6 aromatic rings. The van der Waals surface area contributed by atoms with Crippen LogP contribution in [0.4, 0.5) is 9.59 Å². The van der Waals surface area contributed by atoms with Crippen molar-refractivity contribution in [2.45, 2.75) is 204 Å². The van der Waals surface area contributed by atoms with E-state index in [1.54, 1.807) is 4.90 Å². The van der Waals surface area contributed by atoms with E-state index in [4.69, 9.17) is 23.7 Å². The molecule has 17 heteroatoms. The molecule has 6 saturated carbocycles. The average Bonchev–Trinajstić information content (AvgIpc) is 1.61. The van der Waals surface area contributed by atoms with Crippen LogP contribution in [0.1, 0.15) is 167 Å². The Morgan fingerprint density at radius 3 is 1.31 bits per heavy atom. The van der Waals surface area contributed by atoms with Crippen LogP contribution in [-0.2, 0) is 81.8 Å². The van der Waals surface area contributed by atoms with Crippen molar-refractivity contribution < 1.29 is 52.5 Å². The van der Waals surface area contributed by atoms with Gasteiger partial charge in [-0.1, -0.05) is 164 Å². The quantitative estimate of drug-likeness (QED) is 0.0455. The maximum Gasteiger partial charge on any atom is 0.410 e. The highest BCUT2D eigenvalue weighted by molar-refractivity contribution is 5.72. The number of amides is 2. The monoisotopic (exact) mass is 1340 g/mol. The molecule has 0 radical (unpaired) electrons. The average molecular weight is 1350 g/mol. The predicted molar refractivity (Wildman–Crippen MR) is 379 cm³/mol. The van der Waals surface area contributed by atoms with Crippen LogP contribution in [0.3, 0.4) is 0 Å². The van der Waals surface area contributed by atoms with E-state index in [0.29, 0.717) is 68.1 Å². The van der Waals surface area contributed by atoms with E-state index in [0.717, 1.165) is 96.9 Å². The summed E-state index contributed by atoms with van der Waals surface area (Å²) in [6.07, 6.45) is 11.7. The highest BCUT2D eigenvalue weighted by Gasteiger charge is 2.55. The van der Waals surface area contributed by atoms with Crippen molar-refractivity contribution in [2.24, 2.45) is 16.2 Å². The van der Waals surface area contributed by atoms with Crippen LogP contribution in [0.15, 0.2) is 164 Å². The van der Waals surface area contributed by atoms with E-state index in [1.807, 2.05) is 88.9 Å². The van der Waals surface area contributed by atoms with Crippen LogP contribution < -0.4 is 10.6 Å². The van der Waals surface area contributed by atoms with Gasteiger partial charge >= 0.3 is 12.2 Å². The first-order valence-corrected chi connectivity index (χ1v) is 35.8. The number of aldehydes is 1. The van der Waals surface area contributed by atoms with Gasteiger partial charge in [-0.05, 0) is 155 Å². The molecule has 17 nitrogen and oxygen atoms in total. The van der Waals surface area contributed by atoms with Gasteiger partial charge in [-0.3, -0.25) is 29.5 Å². The lowest BCUT2D eigenvalue weighted by Crippen LogP contribution is -2.48. The van der Waals surface area contributed by atoms with Crippen molar-refractivity contribution in [3.05, 3.63) is 214 Å². The molecule has 2 amide bonds. The minimum Gasteiger partial charge on any atom is -0.448 e. The zero-order valence-electron chi connectivity index (χ0n) is 58.5. The number of benzene rings is 6. The molecular weight excluding hydrogens is 1240 g/mol. The first-order chi connectivity index (χ1) is 47.8. The molecular formula is C82H100N6O11. The van der Waals surface area contributed by atoms with Crippen molar-refractivity contribution >= 4 is 37.9 Å². The van der Waals surface area contributed by atoms with Crippen molar-refractivity contribution in [1.29, 1.82) is 0 Å². The Morgan fingerprint density at radius 1 is 0.485 bits per heavy atom. The molecule has 0 spiro atoms. The standard InChI is InChI=1S/C29H36N2O4.C24H28N2O2.C19H25NO3.C10H11NO2/c1-28(2,3)35-27(33)31(25-16-24(25)21-9-5-4-6-10-21)19-29(13-14-29)18-30-17-23-12-8-7-11-22(23)15-26(30)34-20-32;27-17-28-23-12-19-8-4-5-9-20(19)14-26(23)16-24(10-11-24)15-25-22-13-21(22)18-6-2-1-3-7-18;1-18(2,3)23-17(22)20(12-19(13-21)9-10-19)16-11-15(16)14-7-5-4-6-8-14;12-7-13-10-5-8-3-1-2-4-9(8)6-11-10/h4-12,20,24-26H,13-19H2,1-3H3;1-9,17,21-23,25H,10-16H2;4-8,13,15-16H,9-12H2,1-3H3;1-4,7,10-11H,5-6H2/t24?,25-,26+;21?,22-,23+;15?,16-;10-/m0001/s1. The van der Waals surface area contributed by atoms with Crippen molar-refractivity contribution in [2.75, 3.05) is 32.7 Å². The first kappa shape index (κ1) is 70.6. The fourth-order valence-electron chi connectivity index (χ4n) is 14.8. The first-order valence-electron chi connectivity index (χ1n) is 35.8. The summed E-state index contributed by atoms with van der Waals surface area (Å²) in [6.45, 7) is 19.4. The predicted octanol–water partition coefficient (Wildman–Crippen LogP) is 13.2. The molecule has 3 unspecified atom stereocenters. The number of hydrogen-bond donors (Lipinski definition) is 2. The lowest BCUT2D eigenvalue weighted by Gasteiger charge is -2.39. The molecule has 99 heavy (non-hydrogen) atoms. The Labute approximate surface area is 584 Å². The summed E-state index contributed by atoms with van der Waals surface area (Å²) < 4.78 is 27.3.